The average molecular weight is 416 g/mol. The van der Waals surface area contributed by atoms with Crippen molar-refractivity contribution in [1.82, 2.24) is 9.29 Å². The van der Waals surface area contributed by atoms with Crippen LogP contribution in [0.3, 0.4) is 0 Å². The van der Waals surface area contributed by atoms with Gasteiger partial charge in [0.2, 0.25) is 15.9 Å². The minimum atomic E-state index is -3.60. The molecule has 1 aromatic heterocycles. The van der Waals surface area contributed by atoms with E-state index in [4.69, 9.17) is 0 Å². The second-order valence-electron chi connectivity index (χ2n) is 6.99. The van der Waals surface area contributed by atoms with Gasteiger partial charge in [-0.3, -0.25) is 4.79 Å². The number of carbonyl (C=O) groups is 1. The number of amides is 1. The first-order chi connectivity index (χ1) is 13.4. The summed E-state index contributed by atoms with van der Waals surface area (Å²) in [5.41, 5.74) is 1.85. The van der Waals surface area contributed by atoms with Crippen LogP contribution in [0.15, 0.2) is 53.4 Å². The lowest BCUT2D eigenvalue weighted by atomic mass is 9.99. The largest absolute Gasteiger partial charge is 0.302 e. The van der Waals surface area contributed by atoms with Gasteiger partial charge in [-0.1, -0.05) is 41.2 Å². The molecule has 0 radical (unpaired) electrons. The summed E-state index contributed by atoms with van der Waals surface area (Å²) < 4.78 is 28.3. The number of hydrogen-bond acceptors (Lipinski definition) is 5. The van der Waals surface area contributed by atoms with Crippen LogP contribution in [0.25, 0.3) is 10.2 Å². The molecule has 4 rings (SSSR count). The maximum Gasteiger partial charge on any atom is 0.243 e. The van der Waals surface area contributed by atoms with E-state index in [-0.39, 0.29) is 23.3 Å². The van der Waals surface area contributed by atoms with Crippen LogP contribution in [0, 0.1) is 12.8 Å². The van der Waals surface area contributed by atoms with Gasteiger partial charge in [-0.05, 0) is 44.0 Å². The van der Waals surface area contributed by atoms with Crippen molar-refractivity contribution in [3.63, 3.8) is 0 Å². The summed E-state index contributed by atoms with van der Waals surface area (Å²) in [6.45, 7) is 2.54. The summed E-state index contributed by atoms with van der Waals surface area (Å²) in [7, 11) is -3.60. The number of para-hydroxylation sites is 1. The monoisotopic (exact) mass is 415 g/mol. The van der Waals surface area contributed by atoms with Crippen LogP contribution >= 0.6 is 11.3 Å². The molecule has 1 fully saturated rings. The third kappa shape index (κ3) is 3.80. The number of thiazole rings is 1. The zero-order chi connectivity index (χ0) is 19.7. The zero-order valence-electron chi connectivity index (χ0n) is 15.5. The molecule has 1 unspecified atom stereocenters. The van der Waals surface area contributed by atoms with Crippen molar-refractivity contribution in [3.8, 4) is 0 Å². The van der Waals surface area contributed by atoms with Gasteiger partial charge in [0.05, 0.1) is 21.0 Å². The van der Waals surface area contributed by atoms with Crippen molar-refractivity contribution in [2.45, 2.75) is 24.7 Å². The predicted molar refractivity (Wildman–Crippen MR) is 111 cm³/mol. The van der Waals surface area contributed by atoms with Crippen LogP contribution in [-0.4, -0.2) is 36.7 Å². The number of benzene rings is 2. The van der Waals surface area contributed by atoms with E-state index in [0.29, 0.717) is 24.5 Å². The van der Waals surface area contributed by atoms with E-state index < -0.39 is 10.0 Å². The summed E-state index contributed by atoms with van der Waals surface area (Å²) in [6, 6.07) is 14.5. The standard InChI is InChI=1S/C20H21N3O3S2/c1-14-8-10-16(11-9-14)28(25,26)23-12-4-5-15(13-23)19(24)22-20-21-17-6-2-3-7-18(17)27-20/h2-3,6-11,15H,4-5,12-13H2,1H3,(H,21,22,24). The first kappa shape index (κ1) is 19.0. The molecular weight excluding hydrogens is 394 g/mol. The fourth-order valence-electron chi connectivity index (χ4n) is 3.37. The zero-order valence-corrected chi connectivity index (χ0v) is 17.1. The number of aromatic nitrogens is 1. The van der Waals surface area contributed by atoms with Crippen LogP contribution in [0.5, 0.6) is 0 Å². The fourth-order valence-corrected chi connectivity index (χ4v) is 5.76. The molecule has 1 N–H and O–H groups in total. The number of nitrogens with zero attached hydrogens (tertiary/aromatic N) is 2. The van der Waals surface area contributed by atoms with Gasteiger partial charge in [-0.2, -0.15) is 4.31 Å². The number of nitrogens with one attached hydrogen (secondary N) is 1. The van der Waals surface area contributed by atoms with Gasteiger partial charge in [0.1, 0.15) is 0 Å². The number of hydrogen-bond donors (Lipinski definition) is 1. The molecular formula is C20H21N3O3S2. The van der Waals surface area contributed by atoms with Crippen molar-refractivity contribution in [3.05, 3.63) is 54.1 Å². The highest BCUT2D eigenvalue weighted by atomic mass is 32.2. The highest BCUT2D eigenvalue weighted by molar-refractivity contribution is 7.89. The van der Waals surface area contributed by atoms with Gasteiger partial charge in [-0.15, -0.1) is 0 Å². The van der Waals surface area contributed by atoms with Crippen molar-refractivity contribution in [1.29, 1.82) is 0 Å². The molecule has 0 bridgehead atoms. The molecule has 2 heterocycles. The van der Waals surface area contributed by atoms with E-state index in [0.717, 1.165) is 15.8 Å². The van der Waals surface area contributed by atoms with E-state index in [1.54, 1.807) is 24.3 Å². The van der Waals surface area contributed by atoms with E-state index in [9.17, 15) is 13.2 Å². The number of anilines is 1. The minimum absolute atomic E-state index is 0.178. The van der Waals surface area contributed by atoms with Crippen molar-refractivity contribution in [2.24, 2.45) is 5.92 Å². The molecule has 8 heteroatoms. The van der Waals surface area contributed by atoms with Gasteiger partial charge in [0.25, 0.3) is 0 Å². The first-order valence-electron chi connectivity index (χ1n) is 9.17. The third-order valence-electron chi connectivity index (χ3n) is 4.94. The molecule has 1 atom stereocenters. The normalized spacial score (nSPS) is 18.2. The maximum atomic E-state index is 12.9. The lowest BCUT2D eigenvalue weighted by molar-refractivity contribution is -0.120. The number of fused-ring (bicyclic) bond motifs is 1. The maximum absolute atomic E-state index is 12.9. The van der Waals surface area contributed by atoms with Crippen LogP contribution in [0.4, 0.5) is 5.13 Å². The molecule has 2 aromatic carbocycles. The molecule has 28 heavy (non-hydrogen) atoms. The van der Waals surface area contributed by atoms with Crippen molar-refractivity contribution < 1.29 is 13.2 Å². The van der Waals surface area contributed by atoms with E-state index in [1.165, 1.54) is 15.6 Å². The molecule has 1 aliphatic heterocycles. The van der Waals surface area contributed by atoms with Gasteiger partial charge in [0.15, 0.2) is 5.13 Å². The third-order valence-corrected chi connectivity index (χ3v) is 7.77. The Morgan fingerprint density at radius 3 is 2.68 bits per heavy atom. The van der Waals surface area contributed by atoms with Crippen LogP contribution in [0.1, 0.15) is 18.4 Å². The first-order valence-corrected chi connectivity index (χ1v) is 11.4. The van der Waals surface area contributed by atoms with Gasteiger partial charge in [0, 0.05) is 13.1 Å². The molecule has 1 aliphatic rings. The number of piperidine rings is 1. The molecule has 0 saturated carbocycles. The van der Waals surface area contributed by atoms with Gasteiger partial charge in [-0.25, -0.2) is 13.4 Å². The van der Waals surface area contributed by atoms with Gasteiger partial charge < -0.3 is 5.32 Å². The Balaban J connectivity index is 1.48. The molecule has 1 amide bonds. The Morgan fingerprint density at radius 1 is 1.18 bits per heavy atom. The summed E-state index contributed by atoms with van der Waals surface area (Å²) in [5, 5.41) is 3.41. The molecule has 0 aliphatic carbocycles. The number of carbonyl (C=O) groups excluding carboxylic acids is 1. The molecule has 6 nitrogen and oxygen atoms in total. The Labute approximate surface area is 168 Å². The Morgan fingerprint density at radius 2 is 1.93 bits per heavy atom. The Kier molecular flexibility index (Phi) is 5.18. The lowest BCUT2D eigenvalue weighted by Gasteiger charge is -2.31. The molecule has 1 saturated heterocycles. The van der Waals surface area contributed by atoms with E-state index >= 15 is 0 Å². The SMILES string of the molecule is Cc1ccc(S(=O)(=O)N2CCCC(C(=O)Nc3nc4ccccc4s3)C2)cc1. The average Bonchev–Trinajstić information content (AvgIpc) is 3.10. The summed E-state index contributed by atoms with van der Waals surface area (Å²) >= 11 is 1.42. The smallest absolute Gasteiger partial charge is 0.243 e. The Hall–Kier alpha value is -2.29. The molecule has 146 valence electrons. The Bertz CT molecular complexity index is 1070. The van der Waals surface area contributed by atoms with Crippen LogP contribution in [-0.2, 0) is 14.8 Å². The van der Waals surface area contributed by atoms with Gasteiger partial charge >= 0.3 is 0 Å². The van der Waals surface area contributed by atoms with E-state index in [1.807, 2.05) is 31.2 Å². The highest BCUT2D eigenvalue weighted by Gasteiger charge is 2.33. The van der Waals surface area contributed by atoms with Crippen molar-refractivity contribution >= 4 is 42.6 Å². The van der Waals surface area contributed by atoms with E-state index in [2.05, 4.69) is 10.3 Å². The summed E-state index contributed by atoms with van der Waals surface area (Å²) in [6.07, 6.45) is 1.32. The van der Waals surface area contributed by atoms with Crippen LogP contribution < -0.4 is 5.32 Å². The number of aryl methyl sites for hydroxylation is 1. The fraction of sp³-hybridized carbons (Fsp3) is 0.300. The highest BCUT2D eigenvalue weighted by Crippen LogP contribution is 2.28. The molecule has 0 spiro atoms. The lowest BCUT2D eigenvalue weighted by Crippen LogP contribution is -2.43. The predicted octanol–water partition coefficient (Wildman–Crippen LogP) is 3.64. The topological polar surface area (TPSA) is 79.4 Å². The number of sulfonamides is 1. The van der Waals surface area contributed by atoms with Crippen molar-refractivity contribution in [2.75, 3.05) is 18.4 Å². The van der Waals surface area contributed by atoms with Crippen LogP contribution in [0.2, 0.25) is 0 Å². The molecule has 3 aromatic rings. The number of rotatable bonds is 4. The second-order valence-corrected chi connectivity index (χ2v) is 9.96. The summed E-state index contributed by atoms with van der Waals surface area (Å²) in [5.74, 6) is -0.566. The summed E-state index contributed by atoms with van der Waals surface area (Å²) in [4.78, 5) is 17.4. The second kappa shape index (κ2) is 7.62. The minimum Gasteiger partial charge on any atom is -0.302 e. The quantitative estimate of drug-likeness (QED) is 0.705.